The third-order valence-corrected chi connectivity index (χ3v) is 2.33. The summed E-state index contributed by atoms with van der Waals surface area (Å²) in [6, 6.07) is 5.16. The maximum absolute atomic E-state index is 11.6. The van der Waals surface area contributed by atoms with Gasteiger partial charge in [-0.15, -0.1) is 0 Å². The van der Waals surface area contributed by atoms with Crippen LogP contribution in [0.1, 0.15) is 6.92 Å². The topological polar surface area (TPSA) is 78.9 Å². The monoisotopic (exact) mass is 236 g/mol. The van der Waals surface area contributed by atoms with Crippen molar-refractivity contribution in [2.75, 3.05) is 6.54 Å². The number of rotatable bonds is 1. The Labute approximate surface area is 97.8 Å². The van der Waals surface area contributed by atoms with Gasteiger partial charge in [0.1, 0.15) is 11.5 Å². The summed E-state index contributed by atoms with van der Waals surface area (Å²) in [6.07, 6.45) is -0.725. The summed E-state index contributed by atoms with van der Waals surface area (Å²) in [5.41, 5.74) is 0. The van der Waals surface area contributed by atoms with Crippen molar-refractivity contribution in [3.63, 3.8) is 0 Å². The van der Waals surface area contributed by atoms with Crippen LogP contribution in [0, 0.1) is 0 Å². The third-order valence-electron chi connectivity index (χ3n) is 2.33. The maximum atomic E-state index is 11.6. The molecule has 0 spiro atoms. The van der Waals surface area contributed by atoms with Gasteiger partial charge in [-0.2, -0.15) is 0 Å². The summed E-state index contributed by atoms with van der Waals surface area (Å²) in [7, 11) is 0. The van der Waals surface area contributed by atoms with E-state index in [0.717, 1.165) is 4.90 Å². The van der Waals surface area contributed by atoms with Gasteiger partial charge in [-0.25, -0.2) is 14.5 Å². The first-order chi connectivity index (χ1) is 8.06. The number of phenolic OH excluding ortho intramolecular Hbond substituents is 1. The van der Waals surface area contributed by atoms with Crippen molar-refractivity contribution in [3.05, 3.63) is 24.3 Å². The van der Waals surface area contributed by atoms with E-state index >= 15 is 0 Å². The number of carbonyl (C=O) groups is 2. The third kappa shape index (κ3) is 2.47. The van der Waals surface area contributed by atoms with E-state index in [1.807, 2.05) is 0 Å². The zero-order valence-corrected chi connectivity index (χ0v) is 9.21. The van der Waals surface area contributed by atoms with Gasteiger partial charge in [-0.1, -0.05) is 0 Å². The van der Waals surface area contributed by atoms with Crippen LogP contribution in [0.2, 0.25) is 0 Å². The van der Waals surface area contributed by atoms with Gasteiger partial charge in [0.2, 0.25) is 0 Å². The van der Waals surface area contributed by atoms with Crippen LogP contribution in [-0.2, 0) is 0 Å². The molecule has 3 amide bonds. The van der Waals surface area contributed by atoms with E-state index in [2.05, 4.69) is 5.32 Å². The lowest BCUT2D eigenvalue weighted by Gasteiger charge is -2.12. The first-order valence-electron chi connectivity index (χ1n) is 5.15. The van der Waals surface area contributed by atoms with E-state index in [1.165, 1.54) is 24.3 Å². The molecule has 1 unspecified atom stereocenters. The lowest BCUT2D eigenvalue weighted by atomic mass is 10.3. The summed E-state index contributed by atoms with van der Waals surface area (Å²) in [5, 5.41) is 11.7. The highest BCUT2D eigenvalue weighted by Crippen LogP contribution is 2.17. The minimum atomic E-state index is -0.725. The molecule has 1 aromatic rings. The van der Waals surface area contributed by atoms with Crippen LogP contribution >= 0.6 is 0 Å². The molecule has 0 saturated carbocycles. The first kappa shape index (κ1) is 11.3. The highest BCUT2D eigenvalue weighted by Gasteiger charge is 2.32. The number of benzene rings is 1. The van der Waals surface area contributed by atoms with Crippen molar-refractivity contribution in [3.8, 4) is 11.5 Å². The predicted octanol–water partition coefficient (Wildman–Crippen LogP) is 1.30. The minimum Gasteiger partial charge on any atom is -0.508 e. The van der Waals surface area contributed by atoms with Gasteiger partial charge in [0.05, 0.1) is 6.54 Å². The fraction of sp³-hybridized carbons (Fsp3) is 0.273. The molecule has 1 aliphatic heterocycles. The van der Waals surface area contributed by atoms with Crippen LogP contribution in [0.5, 0.6) is 11.5 Å². The second kappa shape index (κ2) is 4.32. The summed E-state index contributed by atoms with van der Waals surface area (Å²) in [5.74, 6) is 0.359. The SMILES string of the molecule is CC1CN(C(=O)Oc2ccc(O)cc2)C(=O)N1. The number of nitrogens with one attached hydrogen (secondary N) is 1. The van der Waals surface area contributed by atoms with Gasteiger partial charge in [-0.05, 0) is 31.2 Å². The van der Waals surface area contributed by atoms with Crippen molar-refractivity contribution in [2.45, 2.75) is 13.0 Å². The number of hydrogen-bond donors (Lipinski definition) is 2. The molecule has 1 heterocycles. The molecule has 1 aromatic carbocycles. The Morgan fingerprint density at radius 1 is 1.47 bits per heavy atom. The van der Waals surface area contributed by atoms with E-state index in [1.54, 1.807) is 6.92 Å². The Morgan fingerprint density at radius 3 is 2.65 bits per heavy atom. The lowest BCUT2D eigenvalue weighted by molar-refractivity contribution is 0.163. The molecule has 17 heavy (non-hydrogen) atoms. The second-order valence-electron chi connectivity index (χ2n) is 3.82. The van der Waals surface area contributed by atoms with Crippen LogP contribution in [0.3, 0.4) is 0 Å². The van der Waals surface area contributed by atoms with Gasteiger partial charge in [0.25, 0.3) is 0 Å². The molecule has 1 fully saturated rings. The van der Waals surface area contributed by atoms with Gasteiger partial charge in [-0.3, -0.25) is 0 Å². The number of aromatic hydroxyl groups is 1. The van der Waals surface area contributed by atoms with E-state index in [4.69, 9.17) is 9.84 Å². The number of nitrogens with zero attached hydrogens (tertiary/aromatic N) is 1. The van der Waals surface area contributed by atoms with Gasteiger partial charge in [0.15, 0.2) is 0 Å². The molecular weight excluding hydrogens is 224 g/mol. The van der Waals surface area contributed by atoms with Crippen LogP contribution in [-0.4, -0.2) is 34.7 Å². The zero-order chi connectivity index (χ0) is 12.4. The van der Waals surface area contributed by atoms with Gasteiger partial charge >= 0.3 is 12.1 Å². The van der Waals surface area contributed by atoms with E-state index in [9.17, 15) is 9.59 Å². The number of ether oxygens (including phenoxy) is 1. The summed E-state index contributed by atoms with van der Waals surface area (Å²) in [6.45, 7) is 2.08. The van der Waals surface area contributed by atoms with Crippen molar-refractivity contribution in [1.29, 1.82) is 0 Å². The van der Waals surface area contributed by atoms with E-state index in [-0.39, 0.29) is 24.1 Å². The first-order valence-corrected chi connectivity index (χ1v) is 5.15. The average molecular weight is 236 g/mol. The Morgan fingerprint density at radius 2 is 2.12 bits per heavy atom. The largest absolute Gasteiger partial charge is 0.508 e. The summed E-state index contributed by atoms with van der Waals surface area (Å²) < 4.78 is 4.99. The molecule has 0 bridgehead atoms. The smallest absolute Gasteiger partial charge is 0.423 e. The summed E-state index contributed by atoms with van der Waals surface area (Å²) in [4.78, 5) is 24.0. The number of imide groups is 1. The molecule has 90 valence electrons. The molecule has 1 aliphatic rings. The Kier molecular flexibility index (Phi) is 2.86. The van der Waals surface area contributed by atoms with Gasteiger partial charge < -0.3 is 15.2 Å². The number of amides is 3. The van der Waals surface area contributed by atoms with Crippen LogP contribution in [0.4, 0.5) is 9.59 Å². The van der Waals surface area contributed by atoms with Crippen LogP contribution in [0.25, 0.3) is 0 Å². The predicted molar refractivity (Wildman–Crippen MR) is 58.8 cm³/mol. The molecule has 6 nitrogen and oxygen atoms in total. The molecule has 0 radical (unpaired) electrons. The fourth-order valence-electron chi connectivity index (χ4n) is 1.52. The molecule has 0 aliphatic carbocycles. The van der Waals surface area contributed by atoms with Crippen molar-refractivity contribution in [2.24, 2.45) is 0 Å². The van der Waals surface area contributed by atoms with Crippen molar-refractivity contribution >= 4 is 12.1 Å². The molecule has 0 aromatic heterocycles. The Bertz CT molecular complexity index is 443. The Hall–Kier alpha value is -2.24. The average Bonchev–Trinajstić information content (AvgIpc) is 2.61. The van der Waals surface area contributed by atoms with Crippen LogP contribution in [0.15, 0.2) is 24.3 Å². The number of carbonyl (C=O) groups excluding carboxylic acids is 2. The normalized spacial score (nSPS) is 19.0. The maximum Gasteiger partial charge on any atom is 0.423 e. The fourth-order valence-corrected chi connectivity index (χ4v) is 1.52. The van der Waals surface area contributed by atoms with Crippen LogP contribution < -0.4 is 10.1 Å². The summed E-state index contributed by atoms with van der Waals surface area (Å²) >= 11 is 0. The molecule has 1 atom stereocenters. The second-order valence-corrected chi connectivity index (χ2v) is 3.82. The standard InChI is InChI=1S/C11H12N2O4/c1-7-6-13(10(15)12-7)11(16)17-9-4-2-8(14)3-5-9/h2-5,7,14H,6H2,1H3,(H,12,15). The van der Waals surface area contributed by atoms with Crippen molar-refractivity contribution in [1.82, 2.24) is 10.2 Å². The number of hydrogen-bond acceptors (Lipinski definition) is 4. The molecule has 2 N–H and O–H groups in total. The lowest BCUT2D eigenvalue weighted by Crippen LogP contribution is -2.36. The van der Waals surface area contributed by atoms with E-state index in [0.29, 0.717) is 0 Å². The zero-order valence-electron chi connectivity index (χ0n) is 9.21. The quantitative estimate of drug-likeness (QED) is 0.770. The molecule has 2 rings (SSSR count). The molecular formula is C11H12N2O4. The Balaban J connectivity index is 2.02. The van der Waals surface area contributed by atoms with Crippen molar-refractivity contribution < 1.29 is 19.4 Å². The van der Waals surface area contributed by atoms with Gasteiger partial charge in [0, 0.05) is 6.04 Å². The molecule has 6 heteroatoms. The minimum absolute atomic E-state index is 0.0742. The number of phenols is 1. The van der Waals surface area contributed by atoms with E-state index < -0.39 is 12.1 Å². The molecule has 1 saturated heterocycles. The number of urea groups is 1. The highest BCUT2D eigenvalue weighted by atomic mass is 16.6. The highest BCUT2D eigenvalue weighted by molar-refractivity contribution is 5.93.